The molecule has 0 radical (unpaired) electrons. The molecule has 0 bridgehead atoms. The maximum Gasteiger partial charge on any atom is 0.287 e. The van der Waals surface area contributed by atoms with E-state index in [4.69, 9.17) is 18.3 Å². The monoisotopic (exact) mass is 444 g/mol. The first-order valence-electron chi connectivity index (χ1n) is 10.8. The van der Waals surface area contributed by atoms with Gasteiger partial charge in [0.15, 0.2) is 17.3 Å². The van der Waals surface area contributed by atoms with E-state index < -0.39 is 0 Å². The van der Waals surface area contributed by atoms with E-state index in [0.29, 0.717) is 25.4 Å². The van der Waals surface area contributed by atoms with Crippen LogP contribution in [0.3, 0.4) is 0 Å². The average Bonchev–Trinajstić information content (AvgIpc) is 3.60. The van der Waals surface area contributed by atoms with E-state index in [9.17, 15) is 4.79 Å². The van der Waals surface area contributed by atoms with Crippen molar-refractivity contribution in [2.75, 3.05) is 6.79 Å². The van der Waals surface area contributed by atoms with Gasteiger partial charge in [-0.3, -0.25) is 9.69 Å². The molecule has 168 valence electrons. The standard InChI is InChI=1S/C26H24N2O5/c29-26(27-14-21-7-4-12-30-21)24-11-9-22(33-24)17-28(15-19-5-2-1-3-6-19)16-20-8-10-23-25(13-20)32-18-31-23/h1-13H,14-18H2,(H,27,29). The van der Waals surface area contributed by atoms with Crippen LogP contribution in [0.4, 0.5) is 0 Å². The first-order valence-corrected chi connectivity index (χ1v) is 10.8. The summed E-state index contributed by atoms with van der Waals surface area (Å²) in [5.41, 5.74) is 2.30. The normalized spacial score (nSPS) is 12.3. The summed E-state index contributed by atoms with van der Waals surface area (Å²) in [4.78, 5) is 14.7. The van der Waals surface area contributed by atoms with Gasteiger partial charge in [0, 0.05) is 13.1 Å². The Labute approximate surface area is 191 Å². The third-order valence-corrected chi connectivity index (χ3v) is 5.36. The van der Waals surface area contributed by atoms with Crippen molar-refractivity contribution in [1.82, 2.24) is 10.2 Å². The topological polar surface area (TPSA) is 77.1 Å². The van der Waals surface area contributed by atoms with Crippen molar-refractivity contribution in [1.29, 1.82) is 0 Å². The summed E-state index contributed by atoms with van der Waals surface area (Å²) in [5, 5.41) is 2.81. The van der Waals surface area contributed by atoms with Gasteiger partial charge in [-0.1, -0.05) is 36.4 Å². The molecule has 7 heteroatoms. The molecule has 4 aromatic rings. The molecule has 0 atom stereocenters. The lowest BCUT2D eigenvalue weighted by Crippen LogP contribution is -2.23. The predicted octanol–water partition coefficient (Wildman–Crippen LogP) is 4.73. The van der Waals surface area contributed by atoms with Crippen LogP contribution >= 0.6 is 0 Å². The molecule has 2 aromatic carbocycles. The molecule has 0 saturated carbocycles. The maximum absolute atomic E-state index is 12.4. The number of rotatable bonds is 9. The highest BCUT2D eigenvalue weighted by Gasteiger charge is 2.17. The van der Waals surface area contributed by atoms with Crippen LogP contribution in [0, 0.1) is 0 Å². The highest BCUT2D eigenvalue weighted by atomic mass is 16.7. The highest BCUT2D eigenvalue weighted by Crippen LogP contribution is 2.33. The number of hydrogen-bond acceptors (Lipinski definition) is 6. The lowest BCUT2D eigenvalue weighted by molar-refractivity contribution is 0.0915. The minimum Gasteiger partial charge on any atom is -0.467 e. The van der Waals surface area contributed by atoms with E-state index in [0.717, 1.165) is 29.4 Å². The van der Waals surface area contributed by atoms with Crippen molar-refractivity contribution in [2.24, 2.45) is 0 Å². The molecule has 1 aliphatic rings. The van der Waals surface area contributed by atoms with Crippen LogP contribution < -0.4 is 14.8 Å². The van der Waals surface area contributed by atoms with Crippen molar-refractivity contribution in [3.05, 3.63) is 107 Å². The van der Waals surface area contributed by atoms with Gasteiger partial charge in [-0.25, -0.2) is 0 Å². The number of carbonyl (C=O) groups is 1. The smallest absolute Gasteiger partial charge is 0.287 e. The van der Waals surface area contributed by atoms with E-state index in [1.165, 1.54) is 5.56 Å². The van der Waals surface area contributed by atoms with Crippen LogP contribution in [0.2, 0.25) is 0 Å². The molecule has 0 saturated heterocycles. The summed E-state index contributed by atoms with van der Waals surface area (Å²) in [5.74, 6) is 2.94. The van der Waals surface area contributed by atoms with Gasteiger partial charge in [0.25, 0.3) is 5.91 Å². The molecule has 1 amide bonds. The molecule has 33 heavy (non-hydrogen) atoms. The average molecular weight is 444 g/mol. The van der Waals surface area contributed by atoms with Crippen molar-refractivity contribution in [2.45, 2.75) is 26.2 Å². The zero-order valence-corrected chi connectivity index (χ0v) is 18.0. The zero-order chi connectivity index (χ0) is 22.5. The molecule has 0 spiro atoms. The Kier molecular flexibility index (Phi) is 6.12. The number of carbonyl (C=O) groups excluding carboxylic acids is 1. The number of fused-ring (bicyclic) bond motifs is 1. The van der Waals surface area contributed by atoms with Gasteiger partial charge < -0.3 is 23.6 Å². The van der Waals surface area contributed by atoms with Crippen molar-refractivity contribution < 1.29 is 23.1 Å². The lowest BCUT2D eigenvalue weighted by Gasteiger charge is -2.21. The molecule has 5 rings (SSSR count). The summed E-state index contributed by atoms with van der Waals surface area (Å²) in [6, 6.07) is 23.4. The summed E-state index contributed by atoms with van der Waals surface area (Å²) >= 11 is 0. The Morgan fingerprint density at radius 3 is 2.52 bits per heavy atom. The van der Waals surface area contributed by atoms with Crippen LogP contribution in [0.25, 0.3) is 0 Å². The zero-order valence-electron chi connectivity index (χ0n) is 18.0. The fraction of sp³-hybridized carbons (Fsp3) is 0.192. The number of hydrogen-bond donors (Lipinski definition) is 1. The van der Waals surface area contributed by atoms with Crippen LogP contribution in [0.15, 0.2) is 87.9 Å². The van der Waals surface area contributed by atoms with Crippen molar-refractivity contribution in [3.63, 3.8) is 0 Å². The number of ether oxygens (including phenoxy) is 2. The van der Waals surface area contributed by atoms with Gasteiger partial charge in [-0.2, -0.15) is 0 Å². The molecular formula is C26H24N2O5. The second kappa shape index (κ2) is 9.67. The summed E-state index contributed by atoms with van der Waals surface area (Å²) in [6.45, 7) is 2.53. The van der Waals surface area contributed by atoms with Gasteiger partial charge in [-0.15, -0.1) is 0 Å². The fourth-order valence-electron chi connectivity index (χ4n) is 3.78. The SMILES string of the molecule is O=C(NCc1ccco1)c1ccc(CN(Cc2ccccc2)Cc2ccc3c(c2)OCO3)o1. The second-order valence-corrected chi connectivity index (χ2v) is 7.85. The largest absolute Gasteiger partial charge is 0.467 e. The molecule has 1 N–H and O–H groups in total. The first kappa shape index (κ1) is 20.9. The first-order chi connectivity index (χ1) is 16.2. The van der Waals surface area contributed by atoms with Gasteiger partial charge in [0.05, 0.1) is 19.4 Å². The number of furan rings is 2. The second-order valence-electron chi connectivity index (χ2n) is 7.85. The molecule has 0 unspecified atom stereocenters. The summed E-state index contributed by atoms with van der Waals surface area (Å²) in [7, 11) is 0. The highest BCUT2D eigenvalue weighted by molar-refractivity contribution is 5.91. The van der Waals surface area contributed by atoms with Gasteiger partial charge in [0.2, 0.25) is 6.79 Å². The van der Waals surface area contributed by atoms with E-state index in [2.05, 4.69) is 22.3 Å². The third kappa shape index (κ3) is 5.27. The Bertz CT molecular complexity index is 1200. The van der Waals surface area contributed by atoms with Crippen molar-refractivity contribution in [3.8, 4) is 11.5 Å². The van der Waals surface area contributed by atoms with E-state index in [1.54, 1.807) is 18.4 Å². The van der Waals surface area contributed by atoms with Crippen molar-refractivity contribution >= 4 is 5.91 Å². The summed E-state index contributed by atoms with van der Waals surface area (Å²) < 4.78 is 22.1. The quantitative estimate of drug-likeness (QED) is 0.402. The van der Waals surface area contributed by atoms with E-state index in [-0.39, 0.29) is 18.5 Å². The minimum absolute atomic E-state index is 0.254. The number of benzene rings is 2. The maximum atomic E-state index is 12.4. The third-order valence-electron chi connectivity index (χ3n) is 5.36. The van der Waals surface area contributed by atoms with Crippen LogP contribution in [-0.2, 0) is 26.2 Å². The van der Waals surface area contributed by atoms with Crippen LogP contribution in [0.1, 0.15) is 33.2 Å². The van der Waals surface area contributed by atoms with Gasteiger partial charge in [-0.05, 0) is 47.5 Å². The number of nitrogens with one attached hydrogen (secondary N) is 1. The summed E-state index contributed by atoms with van der Waals surface area (Å²) in [6.07, 6.45) is 1.58. The Morgan fingerprint density at radius 2 is 1.67 bits per heavy atom. The van der Waals surface area contributed by atoms with Crippen LogP contribution in [0.5, 0.6) is 11.5 Å². The van der Waals surface area contributed by atoms with E-state index in [1.807, 2.05) is 48.5 Å². The lowest BCUT2D eigenvalue weighted by atomic mass is 10.1. The molecular weight excluding hydrogens is 420 g/mol. The molecule has 2 aromatic heterocycles. The van der Waals surface area contributed by atoms with Gasteiger partial charge >= 0.3 is 0 Å². The Hall–Kier alpha value is -3.97. The van der Waals surface area contributed by atoms with Crippen LogP contribution in [-0.4, -0.2) is 17.6 Å². The molecule has 1 aliphatic heterocycles. The van der Waals surface area contributed by atoms with Gasteiger partial charge in [0.1, 0.15) is 11.5 Å². The molecule has 7 nitrogen and oxygen atoms in total. The fourth-order valence-corrected chi connectivity index (χ4v) is 3.78. The Morgan fingerprint density at radius 1 is 0.818 bits per heavy atom. The van der Waals surface area contributed by atoms with E-state index >= 15 is 0 Å². The molecule has 3 heterocycles. The number of amides is 1. The molecule has 0 fully saturated rings. The predicted molar refractivity (Wildman–Crippen MR) is 121 cm³/mol. The molecule has 0 aliphatic carbocycles. The Balaban J connectivity index is 1.28. The minimum atomic E-state index is -0.275. The number of nitrogens with zero attached hydrogens (tertiary/aromatic N) is 1.